The number of piperidine rings is 2. The van der Waals surface area contributed by atoms with Crippen LogP contribution in [-0.2, 0) is 5.88 Å². The number of hydrogen-bond donors (Lipinski definition) is 0. The predicted molar refractivity (Wildman–Crippen MR) is 67.0 cm³/mol. The van der Waals surface area contributed by atoms with Gasteiger partial charge in [-0.2, -0.15) is 0 Å². The summed E-state index contributed by atoms with van der Waals surface area (Å²) in [6.45, 7) is 0. The molecule has 1 aromatic heterocycles. The van der Waals surface area contributed by atoms with Crippen molar-refractivity contribution in [1.82, 2.24) is 19.7 Å². The van der Waals surface area contributed by atoms with Crippen LogP contribution in [0, 0.1) is 0 Å². The van der Waals surface area contributed by atoms with Gasteiger partial charge in [0.05, 0.1) is 5.88 Å². The fourth-order valence-corrected chi connectivity index (χ4v) is 3.67. The Kier molecular flexibility index (Phi) is 3.09. The Morgan fingerprint density at radius 1 is 1.29 bits per heavy atom. The Labute approximate surface area is 107 Å². The molecule has 0 radical (unpaired) electrons. The number of halogens is 1. The monoisotopic (exact) mass is 254 g/mol. The van der Waals surface area contributed by atoms with Crippen LogP contribution in [0.1, 0.15) is 44.0 Å². The number of alkyl halides is 1. The van der Waals surface area contributed by atoms with Crippen molar-refractivity contribution in [2.45, 2.75) is 56.1 Å². The molecular weight excluding hydrogens is 236 g/mol. The number of aromatic nitrogens is 3. The van der Waals surface area contributed by atoms with Crippen molar-refractivity contribution in [2.24, 2.45) is 0 Å². The van der Waals surface area contributed by atoms with Crippen LogP contribution in [-0.4, -0.2) is 38.8 Å². The second-order valence-corrected chi connectivity index (χ2v) is 5.58. The first-order chi connectivity index (χ1) is 8.29. The minimum atomic E-state index is 0.460. The van der Waals surface area contributed by atoms with E-state index in [-0.39, 0.29) is 0 Å². The van der Waals surface area contributed by atoms with Gasteiger partial charge in [0.25, 0.3) is 0 Å². The molecule has 0 aliphatic carbocycles. The largest absolute Gasteiger partial charge is 0.313 e. The first-order valence-electron chi connectivity index (χ1n) is 6.46. The maximum atomic E-state index is 5.91. The van der Waals surface area contributed by atoms with Gasteiger partial charge in [-0.05, 0) is 32.7 Å². The molecule has 2 aliphatic rings. The van der Waals surface area contributed by atoms with Crippen molar-refractivity contribution in [1.29, 1.82) is 0 Å². The first kappa shape index (κ1) is 11.5. The molecule has 2 atom stereocenters. The smallest absolute Gasteiger partial charge is 0.148 e. The minimum absolute atomic E-state index is 0.460. The summed E-state index contributed by atoms with van der Waals surface area (Å²) in [5.41, 5.74) is 0. The average Bonchev–Trinajstić information content (AvgIpc) is 2.76. The van der Waals surface area contributed by atoms with Crippen LogP contribution < -0.4 is 0 Å². The molecular formula is C12H19ClN4. The standard InChI is InChI=1S/C12H19ClN4/c1-16-9-3-2-4-10(16)6-11(5-9)17-8-14-15-12(17)7-13/h8-11H,2-7H2,1H3. The van der Waals surface area contributed by atoms with Crippen molar-refractivity contribution < 1.29 is 0 Å². The van der Waals surface area contributed by atoms with Gasteiger partial charge in [-0.15, -0.1) is 21.8 Å². The van der Waals surface area contributed by atoms with E-state index >= 15 is 0 Å². The van der Waals surface area contributed by atoms with Gasteiger partial charge in [0.1, 0.15) is 12.2 Å². The van der Waals surface area contributed by atoms with Gasteiger partial charge in [-0.25, -0.2) is 0 Å². The number of rotatable bonds is 2. The summed E-state index contributed by atoms with van der Waals surface area (Å²) < 4.78 is 2.20. The molecule has 2 aliphatic heterocycles. The van der Waals surface area contributed by atoms with E-state index < -0.39 is 0 Å². The average molecular weight is 255 g/mol. The molecule has 0 spiro atoms. The molecule has 0 N–H and O–H groups in total. The van der Waals surface area contributed by atoms with Crippen LogP contribution in [0.15, 0.2) is 6.33 Å². The zero-order valence-corrected chi connectivity index (χ0v) is 11.0. The summed E-state index contributed by atoms with van der Waals surface area (Å²) in [7, 11) is 2.28. The van der Waals surface area contributed by atoms with Crippen LogP contribution in [0.2, 0.25) is 0 Å². The highest BCUT2D eigenvalue weighted by Crippen LogP contribution is 2.38. The van der Waals surface area contributed by atoms with Gasteiger partial charge in [-0.3, -0.25) is 0 Å². The second-order valence-electron chi connectivity index (χ2n) is 5.32. The van der Waals surface area contributed by atoms with Crippen LogP contribution in [0.3, 0.4) is 0 Å². The van der Waals surface area contributed by atoms with Gasteiger partial charge >= 0.3 is 0 Å². The van der Waals surface area contributed by atoms with Crippen molar-refractivity contribution in [2.75, 3.05) is 7.05 Å². The van der Waals surface area contributed by atoms with Crippen LogP contribution in [0.25, 0.3) is 0 Å². The molecule has 3 rings (SSSR count). The van der Waals surface area contributed by atoms with Crippen molar-refractivity contribution in [3.63, 3.8) is 0 Å². The molecule has 94 valence electrons. The quantitative estimate of drug-likeness (QED) is 0.759. The van der Waals surface area contributed by atoms with Crippen LogP contribution >= 0.6 is 11.6 Å². The Hall–Kier alpha value is -0.610. The van der Waals surface area contributed by atoms with E-state index in [1.54, 1.807) is 0 Å². The van der Waals surface area contributed by atoms with Gasteiger partial charge < -0.3 is 9.47 Å². The summed E-state index contributed by atoms with van der Waals surface area (Å²) in [6, 6.07) is 2.02. The van der Waals surface area contributed by atoms with E-state index in [0.29, 0.717) is 11.9 Å². The van der Waals surface area contributed by atoms with Gasteiger partial charge in [-0.1, -0.05) is 6.42 Å². The van der Waals surface area contributed by atoms with Crippen LogP contribution in [0.4, 0.5) is 0 Å². The molecule has 4 nitrogen and oxygen atoms in total. The van der Waals surface area contributed by atoms with E-state index in [1.807, 2.05) is 6.33 Å². The Bertz CT molecular complexity index is 378. The summed E-state index contributed by atoms with van der Waals surface area (Å²) in [4.78, 5) is 2.57. The molecule has 0 aromatic carbocycles. The molecule has 5 heteroatoms. The molecule has 1 aromatic rings. The minimum Gasteiger partial charge on any atom is -0.313 e. The summed E-state index contributed by atoms with van der Waals surface area (Å²) in [5.74, 6) is 1.38. The maximum absolute atomic E-state index is 5.91. The fraction of sp³-hybridized carbons (Fsp3) is 0.833. The highest BCUT2D eigenvalue weighted by molar-refractivity contribution is 6.16. The zero-order chi connectivity index (χ0) is 11.8. The molecule has 2 saturated heterocycles. The lowest BCUT2D eigenvalue weighted by Crippen LogP contribution is -2.50. The van der Waals surface area contributed by atoms with E-state index in [0.717, 1.165) is 17.9 Å². The highest BCUT2D eigenvalue weighted by atomic mass is 35.5. The van der Waals surface area contributed by atoms with E-state index in [4.69, 9.17) is 11.6 Å². The van der Waals surface area contributed by atoms with E-state index in [9.17, 15) is 0 Å². The molecule has 3 heterocycles. The Morgan fingerprint density at radius 3 is 2.65 bits per heavy atom. The van der Waals surface area contributed by atoms with E-state index in [1.165, 1.54) is 32.1 Å². The summed E-state index contributed by atoms with van der Waals surface area (Å²) in [5, 5.41) is 8.09. The first-order valence-corrected chi connectivity index (χ1v) is 6.99. The zero-order valence-electron chi connectivity index (χ0n) is 10.2. The number of fused-ring (bicyclic) bond motifs is 2. The highest BCUT2D eigenvalue weighted by Gasteiger charge is 2.37. The molecule has 0 saturated carbocycles. The van der Waals surface area contributed by atoms with E-state index in [2.05, 4.69) is 26.7 Å². The third-order valence-corrected chi connectivity index (χ3v) is 4.71. The lowest BCUT2D eigenvalue weighted by atomic mass is 9.82. The van der Waals surface area contributed by atoms with Gasteiger partial charge in [0.15, 0.2) is 0 Å². The normalized spacial score (nSPS) is 33.9. The molecule has 2 bridgehead atoms. The number of nitrogens with zero attached hydrogens (tertiary/aromatic N) is 4. The summed E-state index contributed by atoms with van der Waals surface area (Å²) >= 11 is 5.91. The molecule has 2 unspecified atom stereocenters. The maximum Gasteiger partial charge on any atom is 0.148 e. The Morgan fingerprint density at radius 2 is 2.00 bits per heavy atom. The lowest BCUT2D eigenvalue weighted by Gasteiger charge is -2.47. The number of hydrogen-bond acceptors (Lipinski definition) is 3. The van der Waals surface area contributed by atoms with Gasteiger partial charge in [0.2, 0.25) is 0 Å². The Balaban J connectivity index is 1.82. The lowest BCUT2D eigenvalue weighted by molar-refractivity contribution is 0.0394. The summed E-state index contributed by atoms with van der Waals surface area (Å²) in [6.07, 6.45) is 8.34. The predicted octanol–water partition coefficient (Wildman–Crippen LogP) is 2.20. The molecule has 0 amide bonds. The third-order valence-electron chi connectivity index (χ3n) is 4.48. The van der Waals surface area contributed by atoms with Gasteiger partial charge in [0, 0.05) is 18.1 Å². The van der Waals surface area contributed by atoms with Crippen molar-refractivity contribution in [3.05, 3.63) is 12.2 Å². The topological polar surface area (TPSA) is 34.0 Å². The second kappa shape index (κ2) is 4.58. The van der Waals surface area contributed by atoms with Crippen LogP contribution in [0.5, 0.6) is 0 Å². The molecule has 2 fully saturated rings. The molecule has 17 heavy (non-hydrogen) atoms. The SMILES string of the molecule is CN1C2CCCC1CC(n1cnnc1CCl)C2. The van der Waals surface area contributed by atoms with Crippen molar-refractivity contribution in [3.8, 4) is 0 Å². The third kappa shape index (κ3) is 1.97. The fourth-order valence-electron chi connectivity index (χ4n) is 3.48. The van der Waals surface area contributed by atoms with Crippen molar-refractivity contribution >= 4 is 11.6 Å².